The molecule has 0 fully saturated rings. The third kappa shape index (κ3) is 2.34. The Kier molecular flexibility index (Phi) is 3.22. The third-order valence-electron chi connectivity index (χ3n) is 3.10. The fourth-order valence-electron chi connectivity index (χ4n) is 2.30. The molecule has 3 rings (SSSR count). The van der Waals surface area contributed by atoms with Gasteiger partial charge in [0.25, 0.3) is 0 Å². The molecule has 1 unspecified atom stereocenters. The summed E-state index contributed by atoms with van der Waals surface area (Å²) >= 11 is 1.59. The first-order valence-corrected chi connectivity index (χ1v) is 8.47. The number of benzene rings is 2. The van der Waals surface area contributed by atoms with Gasteiger partial charge < -0.3 is 5.11 Å². The van der Waals surface area contributed by atoms with Crippen LogP contribution in [0.1, 0.15) is 10.8 Å². The molecule has 1 aliphatic rings. The van der Waals surface area contributed by atoms with Crippen LogP contribution >= 0.6 is 22.4 Å². The highest BCUT2D eigenvalue weighted by atomic mass is 32.3. The number of fused-ring (bicyclic) bond motifs is 1. The van der Waals surface area contributed by atoms with Crippen molar-refractivity contribution in [1.82, 2.24) is 0 Å². The molecule has 1 heterocycles. The van der Waals surface area contributed by atoms with Crippen LogP contribution in [-0.2, 0) is 0 Å². The van der Waals surface area contributed by atoms with Crippen molar-refractivity contribution in [2.75, 3.05) is 5.75 Å². The molecule has 0 amide bonds. The molecule has 0 saturated heterocycles. The molecule has 0 aromatic heterocycles. The number of aromatic hydroxyl groups is 1. The predicted molar refractivity (Wildman–Crippen MR) is 79.1 cm³/mol. The quantitative estimate of drug-likeness (QED) is 0.770. The molecule has 1 aliphatic heterocycles. The van der Waals surface area contributed by atoms with Gasteiger partial charge in [0.15, 0.2) is 0 Å². The Labute approximate surface area is 117 Å². The van der Waals surface area contributed by atoms with Gasteiger partial charge in [-0.05, 0) is 23.8 Å². The number of hydrogen-bond acceptors (Lipinski definition) is 4. The summed E-state index contributed by atoms with van der Waals surface area (Å²) in [5.74, 6) is 0.244. The highest BCUT2D eigenvalue weighted by molar-refractivity contribution is 8.25. The van der Waals surface area contributed by atoms with E-state index in [2.05, 4.69) is 0 Å². The van der Waals surface area contributed by atoms with Gasteiger partial charge in [-0.2, -0.15) is 10.6 Å². The van der Waals surface area contributed by atoms with E-state index in [9.17, 15) is 14.2 Å². The van der Waals surface area contributed by atoms with Crippen molar-refractivity contribution in [3.63, 3.8) is 0 Å². The SMILES string of the molecule is Oc1cccc2c1S(O)(O)CC2Sc1ccccc1. The van der Waals surface area contributed by atoms with Crippen molar-refractivity contribution in [1.29, 1.82) is 0 Å². The topological polar surface area (TPSA) is 60.7 Å². The fraction of sp³-hybridized carbons (Fsp3) is 0.143. The van der Waals surface area contributed by atoms with Gasteiger partial charge in [0, 0.05) is 4.90 Å². The Morgan fingerprint density at radius 1 is 1.00 bits per heavy atom. The van der Waals surface area contributed by atoms with Crippen LogP contribution in [0.3, 0.4) is 0 Å². The summed E-state index contributed by atoms with van der Waals surface area (Å²) in [6, 6.07) is 15.0. The van der Waals surface area contributed by atoms with E-state index in [-0.39, 0.29) is 16.8 Å². The van der Waals surface area contributed by atoms with Gasteiger partial charge in [0.05, 0.1) is 11.0 Å². The monoisotopic (exact) mass is 294 g/mol. The molecular weight excluding hydrogens is 280 g/mol. The maximum Gasteiger partial charge on any atom is 0.138 e. The van der Waals surface area contributed by atoms with Crippen LogP contribution in [-0.4, -0.2) is 20.0 Å². The predicted octanol–water partition coefficient (Wildman–Crippen LogP) is 4.35. The fourth-order valence-corrected chi connectivity index (χ4v) is 5.94. The lowest BCUT2D eigenvalue weighted by atomic mass is 10.1. The van der Waals surface area contributed by atoms with Gasteiger partial charge in [-0.15, -0.1) is 11.8 Å². The summed E-state index contributed by atoms with van der Waals surface area (Å²) in [5, 5.41) is 9.81. The van der Waals surface area contributed by atoms with Crippen LogP contribution in [0.25, 0.3) is 0 Å². The number of thioether (sulfide) groups is 1. The molecule has 3 nitrogen and oxygen atoms in total. The first kappa shape index (κ1) is 12.9. The molecule has 100 valence electrons. The molecule has 3 N–H and O–H groups in total. The Balaban J connectivity index is 1.97. The average molecular weight is 294 g/mol. The second-order valence-electron chi connectivity index (χ2n) is 4.45. The molecule has 0 spiro atoms. The zero-order valence-electron chi connectivity index (χ0n) is 10.1. The molecule has 0 aliphatic carbocycles. The van der Waals surface area contributed by atoms with Crippen molar-refractivity contribution in [2.24, 2.45) is 0 Å². The molecule has 2 aromatic rings. The van der Waals surface area contributed by atoms with Gasteiger partial charge in [-0.3, -0.25) is 9.11 Å². The third-order valence-corrected chi connectivity index (χ3v) is 6.46. The van der Waals surface area contributed by atoms with Crippen molar-refractivity contribution >= 4 is 22.4 Å². The van der Waals surface area contributed by atoms with Crippen molar-refractivity contribution in [2.45, 2.75) is 15.0 Å². The lowest BCUT2D eigenvalue weighted by Crippen LogP contribution is -1.98. The van der Waals surface area contributed by atoms with Crippen molar-refractivity contribution in [3.8, 4) is 5.75 Å². The minimum atomic E-state index is -2.88. The standard InChI is InChI=1S/C14H14O3S2/c15-12-8-4-7-11-13(9-19(16,17)14(11)12)18-10-5-2-1-3-6-10/h1-8,13,15-17H,9H2. The Bertz CT molecular complexity index is 599. The van der Waals surface area contributed by atoms with E-state index >= 15 is 0 Å². The molecule has 1 atom stereocenters. The van der Waals surface area contributed by atoms with Crippen LogP contribution in [0.4, 0.5) is 0 Å². The zero-order valence-corrected chi connectivity index (χ0v) is 11.7. The number of phenolic OH excluding ortho intramolecular Hbond substituents is 1. The highest BCUT2D eigenvalue weighted by Gasteiger charge is 2.37. The Morgan fingerprint density at radius 2 is 1.74 bits per heavy atom. The number of hydrogen-bond donors (Lipinski definition) is 3. The largest absolute Gasteiger partial charge is 0.506 e. The second kappa shape index (κ2) is 4.76. The first-order valence-electron chi connectivity index (χ1n) is 5.87. The molecular formula is C14H14O3S2. The van der Waals surface area contributed by atoms with E-state index in [0.29, 0.717) is 4.90 Å². The summed E-state index contributed by atoms with van der Waals surface area (Å²) in [5.41, 5.74) is 0.828. The Morgan fingerprint density at radius 3 is 2.47 bits per heavy atom. The highest BCUT2D eigenvalue weighted by Crippen LogP contribution is 2.65. The minimum Gasteiger partial charge on any atom is -0.506 e. The van der Waals surface area contributed by atoms with Gasteiger partial charge in [0.2, 0.25) is 0 Å². The maximum absolute atomic E-state index is 10.1. The molecule has 2 aromatic carbocycles. The zero-order chi connectivity index (χ0) is 13.5. The van der Waals surface area contributed by atoms with Crippen LogP contribution in [0.15, 0.2) is 58.3 Å². The molecule has 19 heavy (non-hydrogen) atoms. The molecule has 0 radical (unpaired) electrons. The summed E-state index contributed by atoms with van der Waals surface area (Å²) in [6.07, 6.45) is 0. The van der Waals surface area contributed by atoms with Crippen LogP contribution in [0.5, 0.6) is 5.75 Å². The minimum absolute atomic E-state index is 0.0198. The van der Waals surface area contributed by atoms with Crippen LogP contribution in [0.2, 0.25) is 0 Å². The normalized spacial score (nSPS) is 21.9. The summed E-state index contributed by atoms with van der Waals surface area (Å²) in [4.78, 5) is 1.40. The van der Waals surface area contributed by atoms with Crippen LogP contribution in [0, 0.1) is 0 Å². The maximum atomic E-state index is 10.1. The van der Waals surface area contributed by atoms with E-state index in [1.807, 2.05) is 36.4 Å². The smallest absolute Gasteiger partial charge is 0.138 e. The average Bonchev–Trinajstić information content (AvgIpc) is 2.63. The van der Waals surface area contributed by atoms with Gasteiger partial charge in [0.1, 0.15) is 10.6 Å². The van der Waals surface area contributed by atoms with E-state index < -0.39 is 10.6 Å². The summed E-state index contributed by atoms with van der Waals surface area (Å²) in [6.45, 7) is 0. The van der Waals surface area contributed by atoms with Gasteiger partial charge >= 0.3 is 0 Å². The van der Waals surface area contributed by atoms with Gasteiger partial charge in [-0.1, -0.05) is 30.3 Å². The summed E-state index contributed by atoms with van der Waals surface area (Å²) < 4.78 is 20.3. The van der Waals surface area contributed by atoms with E-state index in [1.165, 1.54) is 6.07 Å². The second-order valence-corrected chi connectivity index (χ2v) is 7.80. The number of rotatable bonds is 2. The molecule has 5 heteroatoms. The van der Waals surface area contributed by atoms with Crippen molar-refractivity contribution < 1.29 is 14.2 Å². The van der Waals surface area contributed by atoms with E-state index in [0.717, 1.165) is 10.5 Å². The number of phenols is 1. The summed E-state index contributed by atoms with van der Waals surface area (Å²) in [7, 11) is -2.88. The lowest BCUT2D eigenvalue weighted by Gasteiger charge is -2.28. The molecule has 0 bridgehead atoms. The Hall–Kier alpha value is -1.14. The van der Waals surface area contributed by atoms with Crippen molar-refractivity contribution in [3.05, 3.63) is 54.1 Å². The lowest BCUT2D eigenvalue weighted by molar-refractivity contribution is 0.446. The molecule has 0 saturated carbocycles. The van der Waals surface area contributed by atoms with Crippen LogP contribution < -0.4 is 0 Å². The first-order chi connectivity index (χ1) is 9.08. The van der Waals surface area contributed by atoms with Gasteiger partial charge in [-0.25, -0.2) is 0 Å². The van der Waals surface area contributed by atoms with E-state index in [4.69, 9.17) is 0 Å². The van der Waals surface area contributed by atoms with E-state index in [1.54, 1.807) is 17.8 Å².